The summed E-state index contributed by atoms with van der Waals surface area (Å²) in [4.78, 5) is 4.37. The minimum atomic E-state index is -3.16. The van der Waals surface area contributed by atoms with E-state index < -0.39 is 10.0 Å². The van der Waals surface area contributed by atoms with Crippen molar-refractivity contribution in [3.8, 4) is 6.07 Å². The number of nitriles is 1. The van der Waals surface area contributed by atoms with E-state index in [1.54, 1.807) is 10.6 Å². The first-order valence-corrected chi connectivity index (χ1v) is 8.88. The first kappa shape index (κ1) is 16.3. The van der Waals surface area contributed by atoms with E-state index >= 15 is 0 Å². The fourth-order valence-corrected chi connectivity index (χ4v) is 3.18. The molecule has 0 fully saturated rings. The predicted octanol–water partition coefficient (Wildman–Crippen LogP) is 1.29. The molecule has 0 saturated heterocycles. The summed E-state index contributed by atoms with van der Waals surface area (Å²) in [6.07, 6.45) is 3.63. The molecule has 22 heavy (non-hydrogen) atoms. The number of pyridine rings is 1. The third-order valence-electron chi connectivity index (χ3n) is 3.33. The molecule has 2 rings (SSSR count). The van der Waals surface area contributed by atoms with Gasteiger partial charge in [0.15, 0.2) is 11.5 Å². The van der Waals surface area contributed by atoms with Gasteiger partial charge in [-0.1, -0.05) is 13.0 Å². The SMILES string of the molecule is CCN(CCCNc1nc2ccccn2c1C#N)S(C)(=O)=O. The van der Waals surface area contributed by atoms with Crippen LogP contribution in [0.25, 0.3) is 5.65 Å². The van der Waals surface area contributed by atoms with Crippen LogP contribution in [-0.4, -0.2) is 48.0 Å². The zero-order valence-electron chi connectivity index (χ0n) is 12.7. The van der Waals surface area contributed by atoms with Crippen molar-refractivity contribution in [3.63, 3.8) is 0 Å². The number of rotatable bonds is 7. The lowest BCUT2D eigenvalue weighted by Gasteiger charge is -2.17. The second-order valence-corrected chi connectivity index (χ2v) is 6.87. The number of hydrogen-bond donors (Lipinski definition) is 1. The van der Waals surface area contributed by atoms with Crippen LogP contribution in [-0.2, 0) is 10.0 Å². The molecule has 0 atom stereocenters. The summed E-state index contributed by atoms with van der Waals surface area (Å²) >= 11 is 0. The normalized spacial score (nSPS) is 11.7. The molecule has 0 unspecified atom stereocenters. The smallest absolute Gasteiger partial charge is 0.211 e. The Balaban J connectivity index is 2.00. The van der Waals surface area contributed by atoms with Gasteiger partial charge in [0.1, 0.15) is 11.7 Å². The van der Waals surface area contributed by atoms with Crippen LogP contribution in [0.2, 0.25) is 0 Å². The number of anilines is 1. The maximum atomic E-state index is 11.5. The van der Waals surface area contributed by atoms with Crippen LogP contribution in [0.1, 0.15) is 19.0 Å². The van der Waals surface area contributed by atoms with Gasteiger partial charge in [-0.25, -0.2) is 17.7 Å². The number of nitrogens with one attached hydrogen (secondary N) is 1. The Morgan fingerprint density at radius 1 is 1.45 bits per heavy atom. The van der Waals surface area contributed by atoms with Gasteiger partial charge in [0.2, 0.25) is 10.0 Å². The van der Waals surface area contributed by atoms with Crippen molar-refractivity contribution >= 4 is 21.5 Å². The lowest BCUT2D eigenvalue weighted by atomic mass is 10.4. The Hall–Kier alpha value is -2.11. The highest BCUT2D eigenvalue weighted by atomic mass is 32.2. The van der Waals surface area contributed by atoms with E-state index in [1.807, 2.05) is 25.1 Å². The highest BCUT2D eigenvalue weighted by molar-refractivity contribution is 7.88. The molecular weight excluding hydrogens is 302 g/mol. The quantitative estimate of drug-likeness (QED) is 0.776. The molecule has 0 aliphatic rings. The summed E-state index contributed by atoms with van der Waals surface area (Å²) in [7, 11) is -3.16. The van der Waals surface area contributed by atoms with Crippen LogP contribution >= 0.6 is 0 Å². The average molecular weight is 321 g/mol. The van der Waals surface area contributed by atoms with Crippen molar-refractivity contribution < 1.29 is 8.42 Å². The molecule has 118 valence electrons. The van der Waals surface area contributed by atoms with Crippen molar-refractivity contribution in [2.75, 3.05) is 31.2 Å². The number of aromatic nitrogens is 2. The van der Waals surface area contributed by atoms with Gasteiger partial charge in [-0.2, -0.15) is 5.26 Å². The van der Waals surface area contributed by atoms with E-state index in [-0.39, 0.29) is 0 Å². The largest absolute Gasteiger partial charge is 0.368 e. The summed E-state index contributed by atoms with van der Waals surface area (Å²) in [5.74, 6) is 0.524. The molecule has 0 radical (unpaired) electrons. The van der Waals surface area contributed by atoms with Gasteiger partial charge in [-0.15, -0.1) is 0 Å². The molecular formula is C14H19N5O2S. The second kappa shape index (κ2) is 6.77. The molecule has 0 bridgehead atoms. The van der Waals surface area contributed by atoms with Gasteiger partial charge in [0.05, 0.1) is 6.26 Å². The van der Waals surface area contributed by atoms with E-state index in [0.29, 0.717) is 43.2 Å². The fraction of sp³-hybridized carbons (Fsp3) is 0.429. The Bertz CT molecular complexity index is 791. The fourth-order valence-electron chi connectivity index (χ4n) is 2.25. The van der Waals surface area contributed by atoms with Gasteiger partial charge in [0, 0.05) is 25.8 Å². The Morgan fingerprint density at radius 2 is 2.23 bits per heavy atom. The van der Waals surface area contributed by atoms with E-state index in [4.69, 9.17) is 0 Å². The standard InChI is InChI=1S/C14H19N5O2S/c1-3-18(22(2,20)21)9-6-8-16-14-12(11-15)19-10-5-4-7-13(19)17-14/h4-5,7,10,16H,3,6,8-9H2,1-2H3. The summed E-state index contributed by atoms with van der Waals surface area (Å²) in [6, 6.07) is 7.66. The number of sulfonamides is 1. The van der Waals surface area contributed by atoms with E-state index in [1.165, 1.54) is 10.6 Å². The van der Waals surface area contributed by atoms with Crippen LogP contribution in [0.15, 0.2) is 24.4 Å². The molecule has 0 spiro atoms. The lowest BCUT2D eigenvalue weighted by molar-refractivity contribution is 0.428. The van der Waals surface area contributed by atoms with E-state index in [9.17, 15) is 13.7 Å². The zero-order valence-corrected chi connectivity index (χ0v) is 13.5. The highest BCUT2D eigenvalue weighted by Gasteiger charge is 2.14. The molecule has 0 aliphatic heterocycles. The monoisotopic (exact) mass is 321 g/mol. The molecule has 7 nitrogen and oxygen atoms in total. The molecule has 0 aromatic carbocycles. The molecule has 0 amide bonds. The van der Waals surface area contributed by atoms with Crippen LogP contribution in [0.4, 0.5) is 5.82 Å². The Kier molecular flexibility index (Phi) is 5.00. The lowest BCUT2D eigenvalue weighted by Crippen LogP contribution is -2.31. The summed E-state index contributed by atoms with van der Waals surface area (Å²) in [5, 5.41) is 12.4. The molecule has 2 aromatic rings. The third kappa shape index (κ3) is 3.55. The summed E-state index contributed by atoms with van der Waals surface area (Å²) in [5.41, 5.74) is 1.15. The van der Waals surface area contributed by atoms with Crippen molar-refractivity contribution in [1.29, 1.82) is 5.26 Å². The van der Waals surface area contributed by atoms with Gasteiger partial charge in [0.25, 0.3) is 0 Å². The predicted molar refractivity (Wildman–Crippen MR) is 85.1 cm³/mol. The van der Waals surface area contributed by atoms with Crippen molar-refractivity contribution in [2.24, 2.45) is 0 Å². The van der Waals surface area contributed by atoms with Crippen LogP contribution in [0, 0.1) is 11.3 Å². The van der Waals surface area contributed by atoms with Gasteiger partial charge in [-0.05, 0) is 18.6 Å². The molecule has 2 heterocycles. The number of fused-ring (bicyclic) bond motifs is 1. The van der Waals surface area contributed by atoms with Crippen molar-refractivity contribution in [3.05, 3.63) is 30.1 Å². The summed E-state index contributed by atoms with van der Waals surface area (Å²) in [6.45, 7) is 3.25. The van der Waals surface area contributed by atoms with Crippen molar-refractivity contribution in [1.82, 2.24) is 13.7 Å². The Labute approximate surface area is 130 Å². The molecule has 8 heteroatoms. The van der Waals surface area contributed by atoms with Crippen LogP contribution < -0.4 is 5.32 Å². The number of hydrogen-bond acceptors (Lipinski definition) is 5. The van der Waals surface area contributed by atoms with Crippen LogP contribution in [0.5, 0.6) is 0 Å². The molecule has 0 saturated carbocycles. The van der Waals surface area contributed by atoms with Crippen LogP contribution in [0.3, 0.4) is 0 Å². The molecule has 2 aromatic heterocycles. The first-order valence-electron chi connectivity index (χ1n) is 7.03. The topological polar surface area (TPSA) is 90.5 Å². The third-order valence-corrected chi connectivity index (χ3v) is 4.71. The minimum Gasteiger partial charge on any atom is -0.368 e. The number of imidazole rings is 1. The van der Waals surface area contributed by atoms with E-state index in [0.717, 1.165) is 0 Å². The average Bonchev–Trinajstić information content (AvgIpc) is 2.83. The molecule has 1 N–H and O–H groups in total. The van der Waals surface area contributed by atoms with Gasteiger partial charge >= 0.3 is 0 Å². The second-order valence-electron chi connectivity index (χ2n) is 4.88. The number of nitrogens with zero attached hydrogens (tertiary/aromatic N) is 4. The summed E-state index contributed by atoms with van der Waals surface area (Å²) < 4.78 is 26.1. The Morgan fingerprint density at radius 3 is 2.86 bits per heavy atom. The minimum absolute atomic E-state index is 0.442. The zero-order chi connectivity index (χ0) is 16.2. The van der Waals surface area contributed by atoms with Crippen molar-refractivity contribution in [2.45, 2.75) is 13.3 Å². The first-order chi connectivity index (χ1) is 10.5. The van der Waals surface area contributed by atoms with E-state index in [2.05, 4.69) is 16.4 Å². The maximum Gasteiger partial charge on any atom is 0.211 e. The van der Waals surface area contributed by atoms with Gasteiger partial charge < -0.3 is 5.32 Å². The maximum absolute atomic E-state index is 11.5. The van der Waals surface area contributed by atoms with Gasteiger partial charge in [-0.3, -0.25) is 4.40 Å². The highest BCUT2D eigenvalue weighted by Crippen LogP contribution is 2.16. The molecule has 0 aliphatic carbocycles.